The van der Waals surface area contributed by atoms with Crippen LogP contribution in [-0.2, 0) is 0 Å². The van der Waals surface area contributed by atoms with E-state index in [0.29, 0.717) is 12.1 Å². The molecule has 0 saturated carbocycles. The van der Waals surface area contributed by atoms with Gasteiger partial charge in [-0.3, -0.25) is 14.8 Å². The maximum Gasteiger partial charge on any atom is 0.253 e. The van der Waals surface area contributed by atoms with Crippen molar-refractivity contribution < 1.29 is 4.79 Å². The Bertz CT molecular complexity index is 1080. The van der Waals surface area contributed by atoms with E-state index in [1.807, 2.05) is 29.4 Å². The summed E-state index contributed by atoms with van der Waals surface area (Å²) in [4.78, 5) is 37.9. The number of amides is 1. The molecule has 0 aromatic carbocycles. The quantitative estimate of drug-likeness (QED) is 0.613. The van der Waals surface area contributed by atoms with Crippen molar-refractivity contribution in [3.8, 4) is 11.1 Å². The van der Waals surface area contributed by atoms with Crippen LogP contribution in [0.15, 0.2) is 55.2 Å². The summed E-state index contributed by atoms with van der Waals surface area (Å²) in [5, 5.41) is 0. The number of likely N-dealkylation sites (N-methyl/N-ethyl adjacent to an activating group) is 1. The van der Waals surface area contributed by atoms with E-state index in [1.54, 1.807) is 30.7 Å². The van der Waals surface area contributed by atoms with E-state index < -0.39 is 0 Å². The molecule has 8 heteroatoms. The first-order chi connectivity index (χ1) is 16.2. The van der Waals surface area contributed by atoms with Crippen LogP contribution in [0.2, 0.25) is 0 Å². The zero-order valence-corrected chi connectivity index (χ0v) is 19.0. The Kier molecular flexibility index (Phi) is 6.26. The number of piperazine rings is 1. The molecule has 8 nitrogen and oxygen atoms in total. The second-order valence-corrected chi connectivity index (χ2v) is 8.83. The molecule has 2 aliphatic heterocycles. The monoisotopic (exact) mass is 443 g/mol. The van der Waals surface area contributed by atoms with Gasteiger partial charge in [0.25, 0.3) is 5.91 Å². The van der Waals surface area contributed by atoms with Gasteiger partial charge in [-0.15, -0.1) is 0 Å². The molecule has 5 rings (SSSR count). The number of hydrogen-bond acceptors (Lipinski definition) is 7. The second kappa shape index (κ2) is 9.62. The van der Waals surface area contributed by atoms with Crippen LogP contribution >= 0.6 is 0 Å². The van der Waals surface area contributed by atoms with E-state index in [1.165, 1.54) is 0 Å². The number of hydrogen-bond donors (Lipinski definition) is 0. The number of piperidine rings is 1. The zero-order chi connectivity index (χ0) is 22.6. The van der Waals surface area contributed by atoms with Gasteiger partial charge in [-0.1, -0.05) is 6.07 Å². The summed E-state index contributed by atoms with van der Waals surface area (Å²) in [6.45, 7) is 5.24. The van der Waals surface area contributed by atoms with Crippen LogP contribution in [0.3, 0.4) is 0 Å². The number of pyridine rings is 2. The first-order valence-electron chi connectivity index (χ1n) is 11.6. The van der Waals surface area contributed by atoms with Gasteiger partial charge in [0.1, 0.15) is 0 Å². The number of carbonyl (C=O) groups is 1. The van der Waals surface area contributed by atoms with Gasteiger partial charge in [-0.25, -0.2) is 9.97 Å². The van der Waals surface area contributed by atoms with Crippen LogP contribution in [0.4, 0.5) is 5.95 Å². The number of carbonyl (C=O) groups excluding carboxylic acids is 1. The Balaban J connectivity index is 1.46. The van der Waals surface area contributed by atoms with Crippen molar-refractivity contribution in [2.24, 2.45) is 0 Å². The summed E-state index contributed by atoms with van der Waals surface area (Å²) in [6, 6.07) is 7.55. The van der Waals surface area contributed by atoms with Gasteiger partial charge in [-0.05, 0) is 38.1 Å². The maximum atomic E-state index is 13.1. The van der Waals surface area contributed by atoms with Gasteiger partial charge in [0, 0.05) is 92.9 Å². The fourth-order valence-corrected chi connectivity index (χ4v) is 4.66. The summed E-state index contributed by atoms with van der Waals surface area (Å²) < 4.78 is 0. The van der Waals surface area contributed by atoms with Crippen molar-refractivity contribution in [2.75, 3.05) is 51.2 Å². The molecule has 1 atom stereocenters. The first kappa shape index (κ1) is 21.5. The van der Waals surface area contributed by atoms with E-state index in [-0.39, 0.29) is 11.8 Å². The SMILES string of the molecule is CN1CCN(c2ncc(-c3cccnc3)c(C3CCCN(C(=O)c4ccncc4)C3)n2)CC1. The van der Waals surface area contributed by atoms with Crippen molar-refractivity contribution in [1.82, 2.24) is 29.7 Å². The van der Waals surface area contributed by atoms with Gasteiger partial charge < -0.3 is 14.7 Å². The third-order valence-electron chi connectivity index (χ3n) is 6.59. The average Bonchev–Trinajstić information content (AvgIpc) is 2.89. The van der Waals surface area contributed by atoms with Crippen LogP contribution in [-0.4, -0.2) is 82.0 Å². The molecule has 0 bridgehead atoms. The molecule has 3 aromatic rings. The highest BCUT2D eigenvalue weighted by atomic mass is 16.2. The maximum absolute atomic E-state index is 13.1. The Morgan fingerprint density at radius 1 is 0.970 bits per heavy atom. The molecular formula is C25H29N7O. The van der Waals surface area contributed by atoms with Gasteiger partial charge in [0.05, 0.1) is 5.69 Å². The lowest BCUT2D eigenvalue weighted by molar-refractivity contribution is 0.0706. The molecule has 2 saturated heterocycles. The summed E-state index contributed by atoms with van der Waals surface area (Å²) in [5.74, 6) is 0.982. The van der Waals surface area contributed by atoms with E-state index in [9.17, 15) is 4.79 Å². The highest BCUT2D eigenvalue weighted by Crippen LogP contribution is 2.34. The lowest BCUT2D eigenvalue weighted by Gasteiger charge is -2.35. The third kappa shape index (κ3) is 4.71. The van der Waals surface area contributed by atoms with Crippen LogP contribution in [0.1, 0.15) is 34.8 Å². The van der Waals surface area contributed by atoms with E-state index in [0.717, 1.165) is 68.3 Å². The van der Waals surface area contributed by atoms with Gasteiger partial charge in [0.2, 0.25) is 5.95 Å². The van der Waals surface area contributed by atoms with Gasteiger partial charge >= 0.3 is 0 Å². The van der Waals surface area contributed by atoms with Crippen molar-refractivity contribution in [2.45, 2.75) is 18.8 Å². The van der Waals surface area contributed by atoms with E-state index in [2.05, 4.69) is 26.8 Å². The second-order valence-electron chi connectivity index (χ2n) is 8.83. The molecule has 3 aromatic heterocycles. The molecule has 2 fully saturated rings. The lowest BCUT2D eigenvalue weighted by Crippen LogP contribution is -2.45. The first-order valence-corrected chi connectivity index (χ1v) is 11.6. The molecule has 0 aliphatic carbocycles. The molecule has 170 valence electrons. The van der Waals surface area contributed by atoms with Crippen LogP contribution in [0.5, 0.6) is 0 Å². The van der Waals surface area contributed by atoms with Crippen molar-refractivity contribution in [3.63, 3.8) is 0 Å². The Morgan fingerprint density at radius 2 is 1.79 bits per heavy atom. The molecule has 33 heavy (non-hydrogen) atoms. The topological polar surface area (TPSA) is 78.4 Å². The summed E-state index contributed by atoms with van der Waals surface area (Å²) in [7, 11) is 2.14. The zero-order valence-electron chi connectivity index (χ0n) is 19.0. The molecule has 2 aliphatic rings. The van der Waals surface area contributed by atoms with Gasteiger partial charge in [0.15, 0.2) is 0 Å². The predicted molar refractivity (Wildman–Crippen MR) is 127 cm³/mol. The standard InChI is InChI=1S/C25H29N7O/c1-30-12-14-31(15-13-30)25-28-17-22(20-4-2-8-27-16-20)23(29-25)21-5-3-11-32(18-21)24(33)19-6-9-26-10-7-19/h2,4,6-10,16-17,21H,3,5,11-15,18H2,1H3. The summed E-state index contributed by atoms with van der Waals surface area (Å²) >= 11 is 0. The molecule has 0 spiro atoms. The molecule has 5 heterocycles. The number of nitrogens with zero attached hydrogens (tertiary/aromatic N) is 7. The molecule has 0 radical (unpaired) electrons. The number of aromatic nitrogens is 4. The smallest absolute Gasteiger partial charge is 0.253 e. The van der Waals surface area contributed by atoms with Gasteiger partial charge in [-0.2, -0.15) is 0 Å². The fraction of sp³-hybridized carbons (Fsp3) is 0.400. The number of likely N-dealkylation sites (tertiary alicyclic amines) is 1. The van der Waals surface area contributed by atoms with Crippen LogP contribution in [0.25, 0.3) is 11.1 Å². The highest BCUT2D eigenvalue weighted by Gasteiger charge is 2.29. The van der Waals surface area contributed by atoms with Crippen molar-refractivity contribution >= 4 is 11.9 Å². The minimum atomic E-state index is 0.0541. The van der Waals surface area contributed by atoms with Crippen molar-refractivity contribution in [1.29, 1.82) is 0 Å². The lowest BCUT2D eigenvalue weighted by atomic mass is 9.90. The third-order valence-corrected chi connectivity index (χ3v) is 6.59. The summed E-state index contributed by atoms with van der Waals surface area (Å²) in [5.41, 5.74) is 3.71. The van der Waals surface area contributed by atoms with E-state index >= 15 is 0 Å². The average molecular weight is 444 g/mol. The minimum Gasteiger partial charge on any atom is -0.338 e. The normalized spacial score (nSPS) is 19.5. The largest absolute Gasteiger partial charge is 0.338 e. The van der Waals surface area contributed by atoms with E-state index in [4.69, 9.17) is 9.97 Å². The number of rotatable bonds is 4. The minimum absolute atomic E-state index is 0.0541. The Morgan fingerprint density at radius 3 is 2.55 bits per heavy atom. The molecule has 0 N–H and O–H groups in total. The number of anilines is 1. The predicted octanol–water partition coefficient (Wildman–Crippen LogP) is 2.71. The molecule has 1 amide bonds. The molecule has 1 unspecified atom stereocenters. The molecular weight excluding hydrogens is 414 g/mol. The highest BCUT2D eigenvalue weighted by molar-refractivity contribution is 5.94. The van der Waals surface area contributed by atoms with Crippen LogP contribution in [0, 0.1) is 0 Å². The summed E-state index contributed by atoms with van der Waals surface area (Å²) in [6.07, 6.45) is 10.9. The Labute approximate surface area is 194 Å². The Hall–Kier alpha value is -3.39. The fourth-order valence-electron chi connectivity index (χ4n) is 4.66. The van der Waals surface area contributed by atoms with Crippen LogP contribution < -0.4 is 4.90 Å². The van der Waals surface area contributed by atoms with Crippen molar-refractivity contribution in [3.05, 3.63) is 66.5 Å².